The third-order valence-electron chi connectivity index (χ3n) is 5.37. The Morgan fingerprint density at radius 3 is 1.88 bits per heavy atom. The van der Waals surface area contributed by atoms with Gasteiger partial charge in [0.2, 0.25) is 0 Å². The van der Waals surface area contributed by atoms with Crippen LogP contribution in [0.4, 0.5) is 0 Å². The molecule has 2 heterocycles. The standard InChI is InChI=1S/C22H30N2S2/c1-13(2)17-9-10-18(22-21(17)23-26-24-22)15(5)7-8-16(6)20-12-11-19(25-20)14(3)4/h9-16H,7-8H2,1-6H3. The van der Waals surface area contributed by atoms with E-state index in [0.29, 0.717) is 23.7 Å². The van der Waals surface area contributed by atoms with E-state index in [1.54, 1.807) is 0 Å². The summed E-state index contributed by atoms with van der Waals surface area (Å²) in [6, 6.07) is 9.18. The lowest BCUT2D eigenvalue weighted by Gasteiger charge is -2.17. The van der Waals surface area contributed by atoms with Gasteiger partial charge in [-0.05, 0) is 59.8 Å². The molecule has 0 aliphatic rings. The fourth-order valence-corrected chi connectivity index (χ4v) is 5.20. The van der Waals surface area contributed by atoms with Crippen molar-refractivity contribution in [1.82, 2.24) is 8.75 Å². The van der Waals surface area contributed by atoms with Crippen LogP contribution in [0.15, 0.2) is 24.3 Å². The minimum Gasteiger partial charge on any atom is -0.173 e. The van der Waals surface area contributed by atoms with E-state index in [-0.39, 0.29) is 0 Å². The second kappa shape index (κ2) is 8.18. The molecule has 1 aromatic carbocycles. The lowest BCUT2D eigenvalue weighted by molar-refractivity contribution is 0.580. The van der Waals surface area contributed by atoms with Crippen LogP contribution in [0.5, 0.6) is 0 Å². The van der Waals surface area contributed by atoms with Gasteiger partial charge >= 0.3 is 0 Å². The van der Waals surface area contributed by atoms with Crippen molar-refractivity contribution in [1.29, 1.82) is 0 Å². The summed E-state index contributed by atoms with van der Waals surface area (Å²) in [5, 5.41) is 0. The summed E-state index contributed by atoms with van der Waals surface area (Å²) in [6.07, 6.45) is 2.40. The molecule has 2 atom stereocenters. The molecule has 0 radical (unpaired) electrons. The average Bonchev–Trinajstić information content (AvgIpc) is 3.27. The Morgan fingerprint density at radius 1 is 0.692 bits per heavy atom. The largest absolute Gasteiger partial charge is 0.173 e. The Kier molecular flexibility index (Phi) is 6.13. The van der Waals surface area contributed by atoms with E-state index in [2.05, 4.69) is 74.6 Å². The molecule has 2 aromatic heterocycles. The zero-order valence-corrected chi connectivity index (χ0v) is 18.4. The molecule has 3 rings (SSSR count). The maximum absolute atomic E-state index is 4.62. The van der Waals surface area contributed by atoms with Crippen molar-refractivity contribution in [2.75, 3.05) is 0 Å². The van der Waals surface area contributed by atoms with Crippen molar-refractivity contribution in [3.63, 3.8) is 0 Å². The zero-order chi connectivity index (χ0) is 18.8. The fraction of sp³-hybridized carbons (Fsp3) is 0.545. The Hall–Kier alpha value is -1.26. The molecule has 0 spiro atoms. The molecule has 0 fully saturated rings. The molecule has 0 N–H and O–H groups in total. The van der Waals surface area contributed by atoms with Crippen molar-refractivity contribution < 1.29 is 0 Å². The molecule has 0 saturated heterocycles. The van der Waals surface area contributed by atoms with Gasteiger partial charge in [0.05, 0.1) is 11.7 Å². The predicted octanol–water partition coefficient (Wildman–Crippen LogP) is 7.69. The third-order valence-corrected chi connectivity index (χ3v) is 7.51. The lowest BCUT2D eigenvalue weighted by atomic mass is 9.89. The van der Waals surface area contributed by atoms with Crippen LogP contribution in [-0.2, 0) is 0 Å². The molecule has 2 nitrogen and oxygen atoms in total. The molecule has 3 aromatic rings. The topological polar surface area (TPSA) is 25.8 Å². The van der Waals surface area contributed by atoms with Gasteiger partial charge in [0.15, 0.2) is 0 Å². The zero-order valence-electron chi connectivity index (χ0n) is 16.7. The Labute approximate surface area is 166 Å². The fourth-order valence-electron chi connectivity index (χ4n) is 3.51. The smallest absolute Gasteiger partial charge is 0.108 e. The van der Waals surface area contributed by atoms with Crippen molar-refractivity contribution in [2.45, 2.75) is 78.1 Å². The van der Waals surface area contributed by atoms with Crippen LogP contribution >= 0.6 is 23.1 Å². The number of rotatable bonds is 7. The molecule has 140 valence electrons. The van der Waals surface area contributed by atoms with E-state index in [9.17, 15) is 0 Å². The molecule has 0 amide bonds. The van der Waals surface area contributed by atoms with Gasteiger partial charge in [-0.3, -0.25) is 0 Å². The van der Waals surface area contributed by atoms with E-state index in [4.69, 9.17) is 0 Å². The summed E-state index contributed by atoms with van der Waals surface area (Å²) >= 11 is 3.33. The summed E-state index contributed by atoms with van der Waals surface area (Å²) < 4.78 is 9.20. The number of thiophene rings is 1. The third kappa shape index (κ3) is 4.01. The van der Waals surface area contributed by atoms with E-state index in [0.717, 1.165) is 11.0 Å². The predicted molar refractivity (Wildman–Crippen MR) is 116 cm³/mol. The monoisotopic (exact) mass is 386 g/mol. The normalized spacial score (nSPS) is 14.5. The average molecular weight is 387 g/mol. The number of benzene rings is 1. The van der Waals surface area contributed by atoms with Crippen LogP contribution < -0.4 is 0 Å². The van der Waals surface area contributed by atoms with E-state index < -0.39 is 0 Å². The maximum Gasteiger partial charge on any atom is 0.108 e. The Morgan fingerprint density at radius 2 is 1.27 bits per heavy atom. The summed E-state index contributed by atoms with van der Waals surface area (Å²) in [7, 11) is 0. The summed E-state index contributed by atoms with van der Waals surface area (Å²) in [4.78, 5) is 3.02. The molecule has 0 aliphatic carbocycles. The highest BCUT2D eigenvalue weighted by Gasteiger charge is 2.18. The first-order valence-electron chi connectivity index (χ1n) is 9.73. The molecular formula is C22H30N2S2. The summed E-state index contributed by atoms with van der Waals surface area (Å²) in [5.41, 5.74) is 4.92. The van der Waals surface area contributed by atoms with Crippen LogP contribution in [-0.4, -0.2) is 8.75 Å². The quantitative estimate of drug-likeness (QED) is 0.416. The van der Waals surface area contributed by atoms with Crippen LogP contribution in [0.3, 0.4) is 0 Å². The number of nitrogens with zero attached hydrogens (tertiary/aromatic N) is 2. The summed E-state index contributed by atoms with van der Waals surface area (Å²) in [5.74, 6) is 2.24. The highest BCUT2D eigenvalue weighted by atomic mass is 32.1. The first-order chi connectivity index (χ1) is 12.4. The van der Waals surface area contributed by atoms with Gasteiger partial charge in [-0.25, -0.2) is 0 Å². The highest BCUT2D eigenvalue weighted by molar-refractivity contribution is 7.12. The molecule has 0 saturated carbocycles. The number of fused-ring (bicyclic) bond motifs is 1. The van der Waals surface area contributed by atoms with Gasteiger partial charge < -0.3 is 0 Å². The Balaban J connectivity index is 1.72. The van der Waals surface area contributed by atoms with Crippen molar-refractivity contribution in [2.24, 2.45) is 0 Å². The van der Waals surface area contributed by atoms with E-state index in [1.165, 1.54) is 45.5 Å². The number of hydrogen-bond acceptors (Lipinski definition) is 4. The Bertz CT molecular complexity index is 860. The summed E-state index contributed by atoms with van der Waals surface area (Å²) in [6.45, 7) is 13.7. The minimum atomic E-state index is 0.486. The highest BCUT2D eigenvalue weighted by Crippen LogP contribution is 2.36. The van der Waals surface area contributed by atoms with Crippen LogP contribution in [0, 0.1) is 0 Å². The van der Waals surface area contributed by atoms with E-state index in [1.807, 2.05) is 11.3 Å². The first-order valence-corrected chi connectivity index (χ1v) is 11.3. The van der Waals surface area contributed by atoms with Gasteiger partial charge in [-0.15, -0.1) is 11.3 Å². The second-order valence-corrected chi connectivity index (χ2v) is 9.81. The van der Waals surface area contributed by atoms with Crippen LogP contribution in [0.1, 0.15) is 98.9 Å². The SMILES string of the molecule is CC(C)c1ccc(C(C)CCC(C)c2ccc(C(C)C)c3nsnc23)s1. The van der Waals surface area contributed by atoms with Crippen LogP contribution in [0.2, 0.25) is 0 Å². The van der Waals surface area contributed by atoms with Gasteiger partial charge in [-0.1, -0.05) is 53.7 Å². The molecule has 4 heteroatoms. The number of hydrogen-bond donors (Lipinski definition) is 0. The molecule has 0 bridgehead atoms. The number of aromatic nitrogens is 2. The molecule has 2 unspecified atom stereocenters. The molecule has 0 aliphatic heterocycles. The van der Waals surface area contributed by atoms with Gasteiger partial charge in [0, 0.05) is 9.75 Å². The minimum absolute atomic E-state index is 0.486. The van der Waals surface area contributed by atoms with E-state index >= 15 is 0 Å². The second-order valence-electron chi connectivity index (χ2n) is 8.13. The molecular weight excluding hydrogens is 356 g/mol. The van der Waals surface area contributed by atoms with Crippen molar-refractivity contribution in [3.05, 3.63) is 45.1 Å². The first kappa shape index (κ1) is 19.5. The van der Waals surface area contributed by atoms with Crippen LogP contribution in [0.25, 0.3) is 11.0 Å². The maximum atomic E-state index is 4.62. The molecule has 26 heavy (non-hydrogen) atoms. The van der Waals surface area contributed by atoms with Crippen molar-refractivity contribution >= 4 is 34.1 Å². The van der Waals surface area contributed by atoms with Gasteiger partial charge in [-0.2, -0.15) is 8.75 Å². The van der Waals surface area contributed by atoms with Crippen molar-refractivity contribution in [3.8, 4) is 0 Å². The van der Waals surface area contributed by atoms with Gasteiger partial charge in [0.1, 0.15) is 11.0 Å². The lowest BCUT2D eigenvalue weighted by Crippen LogP contribution is -2.00. The van der Waals surface area contributed by atoms with Gasteiger partial charge in [0.25, 0.3) is 0 Å².